The highest BCUT2D eigenvalue weighted by atomic mass is 32.2. The molecule has 24 heavy (non-hydrogen) atoms. The van der Waals surface area contributed by atoms with Gasteiger partial charge in [-0.1, -0.05) is 0 Å². The predicted octanol–water partition coefficient (Wildman–Crippen LogP) is 0.647. The summed E-state index contributed by atoms with van der Waals surface area (Å²) in [5.41, 5.74) is 0.896. The Morgan fingerprint density at radius 3 is 2.50 bits per heavy atom. The van der Waals surface area contributed by atoms with Crippen molar-refractivity contribution in [2.75, 3.05) is 36.5 Å². The molecule has 132 valence electrons. The number of hydrogen-bond donors (Lipinski definition) is 0. The van der Waals surface area contributed by atoms with Gasteiger partial charge in [0.05, 0.1) is 11.4 Å². The van der Waals surface area contributed by atoms with Gasteiger partial charge in [-0.15, -0.1) is 5.10 Å². The van der Waals surface area contributed by atoms with E-state index in [0.717, 1.165) is 37.4 Å². The third kappa shape index (κ3) is 4.03. The van der Waals surface area contributed by atoms with Crippen molar-refractivity contribution in [3.8, 4) is 0 Å². The van der Waals surface area contributed by atoms with Crippen molar-refractivity contribution in [1.82, 2.24) is 15.1 Å². The van der Waals surface area contributed by atoms with Crippen LogP contribution in [-0.4, -0.2) is 67.1 Å². The average molecular weight is 352 g/mol. The van der Waals surface area contributed by atoms with Crippen LogP contribution in [0, 0.1) is 12.8 Å². The minimum atomic E-state index is -3.04. The Balaban J connectivity index is 1.56. The van der Waals surface area contributed by atoms with Crippen LogP contribution in [0.5, 0.6) is 0 Å². The first-order valence-electron chi connectivity index (χ1n) is 8.34. The van der Waals surface area contributed by atoms with Gasteiger partial charge >= 0.3 is 0 Å². The van der Waals surface area contributed by atoms with E-state index in [1.807, 2.05) is 24.0 Å². The summed E-state index contributed by atoms with van der Waals surface area (Å²) in [7, 11) is -3.04. The van der Waals surface area contributed by atoms with Crippen LogP contribution in [0.2, 0.25) is 0 Å². The quantitative estimate of drug-likeness (QED) is 0.791. The summed E-state index contributed by atoms with van der Waals surface area (Å²) in [6.07, 6.45) is 3.36. The lowest BCUT2D eigenvalue weighted by molar-refractivity contribution is -0.130. The van der Waals surface area contributed by atoms with Crippen LogP contribution < -0.4 is 4.90 Å². The van der Waals surface area contributed by atoms with Crippen molar-refractivity contribution in [2.24, 2.45) is 5.92 Å². The Bertz CT molecular complexity index is 697. The topological polar surface area (TPSA) is 83.5 Å². The SMILES string of the molecule is Cc1ccc(N2CCC(N3CC(CS(C)(=O)=O)CC3=O)CC2)nn1. The molecule has 0 N–H and O–H groups in total. The summed E-state index contributed by atoms with van der Waals surface area (Å²) < 4.78 is 22.9. The summed E-state index contributed by atoms with van der Waals surface area (Å²) in [6.45, 7) is 4.15. The maximum atomic E-state index is 12.3. The van der Waals surface area contributed by atoms with Crippen molar-refractivity contribution in [2.45, 2.75) is 32.2 Å². The van der Waals surface area contributed by atoms with Crippen LogP contribution in [0.25, 0.3) is 0 Å². The van der Waals surface area contributed by atoms with E-state index in [2.05, 4.69) is 15.1 Å². The summed E-state index contributed by atoms with van der Waals surface area (Å²) in [6, 6.07) is 4.14. The number of likely N-dealkylation sites (tertiary alicyclic amines) is 1. The monoisotopic (exact) mass is 352 g/mol. The van der Waals surface area contributed by atoms with Crippen molar-refractivity contribution in [1.29, 1.82) is 0 Å². The molecule has 3 rings (SSSR count). The van der Waals surface area contributed by atoms with Crippen molar-refractivity contribution in [3.05, 3.63) is 17.8 Å². The molecule has 0 aliphatic carbocycles. The number of rotatable bonds is 4. The first kappa shape index (κ1) is 17.1. The molecule has 2 aliphatic rings. The number of nitrogens with zero attached hydrogens (tertiary/aromatic N) is 4. The van der Waals surface area contributed by atoms with Gasteiger partial charge < -0.3 is 9.80 Å². The first-order valence-corrected chi connectivity index (χ1v) is 10.4. The number of hydrogen-bond acceptors (Lipinski definition) is 6. The van der Waals surface area contributed by atoms with Crippen LogP contribution in [-0.2, 0) is 14.6 Å². The van der Waals surface area contributed by atoms with Gasteiger partial charge in [-0.05, 0) is 37.8 Å². The highest BCUT2D eigenvalue weighted by Crippen LogP contribution is 2.27. The number of carbonyl (C=O) groups excluding carboxylic acids is 1. The van der Waals surface area contributed by atoms with Gasteiger partial charge in [0.1, 0.15) is 9.84 Å². The third-order valence-corrected chi connectivity index (χ3v) is 5.87. The van der Waals surface area contributed by atoms with E-state index in [-0.39, 0.29) is 23.6 Å². The maximum Gasteiger partial charge on any atom is 0.223 e. The van der Waals surface area contributed by atoms with E-state index >= 15 is 0 Å². The molecule has 1 aromatic rings. The zero-order chi connectivity index (χ0) is 17.3. The Kier molecular flexibility index (Phi) is 4.76. The number of piperidine rings is 1. The number of aryl methyl sites for hydroxylation is 1. The normalized spacial score (nSPS) is 23.1. The molecule has 0 bridgehead atoms. The number of amides is 1. The van der Waals surface area contributed by atoms with E-state index in [1.165, 1.54) is 6.26 Å². The Morgan fingerprint density at radius 1 is 1.21 bits per heavy atom. The molecule has 0 radical (unpaired) electrons. The lowest BCUT2D eigenvalue weighted by Gasteiger charge is -2.37. The van der Waals surface area contributed by atoms with Gasteiger partial charge in [0, 0.05) is 38.4 Å². The van der Waals surface area contributed by atoms with Gasteiger partial charge in [0.15, 0.2) is 5.82 Å². The molecule has 1 aromatic heterocycles. The predicted molar refractivity (Wildman–Crippen MR) is 91.5 cm³/mol. The van der Waals surface area contributed by atoms with Gasteiger partial charge in [0.25, 0.3) is 0 Å². The molecule has 0 aromatic carbocycles. The lowest BCUT2D eigenvalue weighted by atomic mass is 10.0. The summed E-state index contributed by atoms with van der Waals surface area (Å²) in [5.74, 6) is 1.01. The van der Waals surface area contributed by atoms with Crippen molar-refractivity contribution in [3.63, 3.8) is 0 Å². The number of sulfone groups is 1. The Labute approximate surface area is 143 Å². The Hall–Kier alpha value is -1.70. The molecule has 2 fully saturated rings. The number of carbonyl (C=O) groups is 1. The van der Waals surface area contributed by atoms with Crippen LogP contribution in [0.15, 0.2) is 12.1 Å². The second-order valence-corrected chi connectivity index (χ2v) is 9.14. The second kappa shape index (κ2) is 6.66. The minimum Gasteiger partial charge on any atom is -0.355 e. The smallest absolute Gasteiger partial charge is 0.223 e. The molecule has 2 aliphatic heterocycles. The second-order valence-electron chi connectivity index (χ2n) is 6.96. The van der Waals surface area contributed by atoms with Gasteiger partial charge in [-0.2, -0.15) is 5.10 Å². The average Bonchev–Trinajstić information content (AvgIpc) is 2.86. The van der Waals surface area contributed by atoms with Crippen molar-refractivity contribution < 1.29 is 13.2 Å². The zero-order valence-corrected chi connectivity index (χ0v) is 15.0. The third-order valence-electron chi connectivity index (χ3n) is 4.79. The molecule has 1 unspecified atom stereocenters. The van der Waals surface area contributed by atoms with Crippen LogP contribution >= 0.6 is 0 Å². The summed E-state index contributed by atoms with van der Waals surface area (Å²) >= 11 is 0. The number of anilines is 1. The maximum absolute atomic E-state index is 12.3. The standard InChI is InChI=1S/C16H24N4O3S/c1-12-3-4-15(18-17-12)19-7-5-14(6-8-19)20-10-13(9-16(20)21)11-24(2,22)23/h3-4,13-14H,5-11H2,1-2H3. The fourth-order valence-electron chi connectivity index (χ4n) is 3.67. The molecule has 0 saturated carbocycles. The molecule has 1 atom stereocenters. The molecule has 2 saturated heterocycles. The van der Waals surface area contributed by atoms with E-state index < -0.39 is 9.84 Å². The van der Waals surface area contributed by atoms with Crippen LogP contribution in [0.1, 0.15) is 25.0 Å². The minimum absolute atomic E-state index is 0.0616. The van der Waals surface area contributed by atoms with Gasteiger partial charge in [0.2, 0.25) is 5.91 Å². The number of aromatic nitrogens is 2. The van der Waals surface area contributed by atoms with E-state index in [4.69, 9.17) is 0 Å². The largest absolute Gasteiger partial charge is 0.355 e. The highest BCUT2D eigenvalue weighted by molar-refractivity contribution is 7.90. The molecule has 3 heterocycles. The fourth-order valence-corrected chi connectivity index (χ4v) is 4.75. The van der Waals surface area contributed by atoms with E-state index in [1.54, 1.807) is 0 Å². The molecule has 0 spiro atoms. The van der Waals surface area contributed by atoms with E-state index in [9.17, 15) is 13.2 Å². The first-order chi connectivity index (χ1) is 11.3. The lowest BCUT2D eigenvalue weighted by Crippen LogP contribution is -2.46. The fraction of sp³-hybridized carbons (Fsp3) is 0.688. The summed E-state index contributed by atoms with van der Waals surface area (Å²) in [5, 5.41) is 8.31. The zero-order valence-electron chi connectivity index (χ0n) is 14.2. The molecular weight excluding hydrogens is 328 g/mol. The van der Waals surface area contributed by atoms with Gasteiger partial charge in [-0.3, -0.25) is 4.79 Å². The molecular formula is C16H24N4O3S. The van der Waals surface area contributed by atoms with E-state index in [0.29, 0.717) is 13.0 Å². The Morgan fingerprint density at radius 2 is 1.92 bits per heavy atom. The highest BCUT2D eigenvalue weighted by Gasteiger charge is 2.37. The molecule has 7 nitrogen and oxygen atoms in total. The van der Waals surface area contributed by atoms with Crippen LogP contribution in [0.3, 0.4) is 0 Å². The summed E-state index contributed by atoms with van der Waals surface area (Å²) in [4.78, 5) is 16.3. The van der Waals surface area contributed by atoms with Crippen molar-refractivity contribution >= 4 is 21.6 Å². The van der Waals surface area contributed by atoms with Crippen LogP contribution in [0.4, 0.5) is 5.82 Å². The molecule has 8 heteroatoms. The van der Waals surface area contributed by atoms with Gasteiger partial charge in [-0.25, -0.2) is 8.42 Å². The molecule has 1 amide bonds.